The summed E-state index contributed by atoms with van der Waals surface area (Å²) in [6, 6.07) is 5.14. The fourth-order valence-electron chi connectivity index (χ4n) is 1.86. The zero-order valence-electron chi connectivity index (χ0n) is 7.79. The van der Waals surface area contributed by atoms with E-state index in [0.29, 0.717) is 0 Å². The fourth-order valence-corrected chi connectivity index (χ4v) is 3.37. The molecule has 0 amide bonds. The molecule has 1 saturated heterocycles. The minimum absolute atomic E-state index is 0.779. The minimum Gasteiger partial charge on any atom is -0.296 e. The molecule has 2 rings (SSSR count). The quantitative estimate of drug-likeness (QED) is 0.786. The Labute approximate surface area is 91.9 Å². The van der Waals surface area contributed by atoms with Crippen molar-refractivity contribution in [3.63, 3.8) is 0 Å². The summed E-state index contributed by atoms with van der Waals surface area (Å²) in [4.78, 5) is 4.04. The van der Waals surface area contributed by atoms with E-state index in [1.807, 2.05) is 11.3 Å². The predicted octanol–water partition coefficient (Wildman–Crippen LogP) is 3.49. The van der Waals surface area contributed by atoms with Crippen LogP contribution in [0.5, 0.6) is 0 Å². The fraction of sp³-hybridized carbons (Fsp3) is 0.600. The Bertz CT molecular complexity index is 284. The van der Waals surface area contributed by atoms with Gasteiger partial charge in [-0.25, -0.2) is 0 Å². The summed E-state index contributed by atoms with van der Waals surface area (Å²) in [5.74, 6) is 0. The zero-order valence-corrected chi connectivity index (χ0v) is 10.2. The van der Waals surface area contributed by atoms with Crippen LogP contribution in [0.15, 0.2) is 15.9 Å². The molecule has 13 heavy (non-hydrogen) atoms. The number of hydrogen-bond donors (Lipinski definition) is 0. The topological polar surface area (TPSA) is 3.24 Å². The van der Waals surface area contributed by atoms with Crippen molar-refractivity contribution in [3.8, 4) is 0 Å². The first-order valence-corrected chi connectivity index (χ1v) is 6.35. The third kappa shape index (κ3) is 2.33. The lowest BCUT2D eigenvalue weighted by Gasteiger charge is -2.19. The van der Waals surface area contributed by atoms with Crippen LogP contribution in [0, 0.1) is 0 Å². The molecule has 3 heteroatoms. The molecular weight excluding hydrogens is 246 g/mol. The van der Waals surface area contributed by atoms with E-state index in [1.54, 1.807) is 0 Å². The SMILES string of the molecule is CC1CCCN1Cc1ccc(Br)s1. The van der Waals surface area contributed by atoms with Crippen LogP contribution in [0.1, 0.15) is 24.6 Å². The van der Waals surface area contributed by atoms with Crippen molar-refractivity contribution >= 4 is 27.3 Å². The van der Waals surface area contributed by atoms with Gasteiger partial charge in [-0.05, 0) is 54.4 Å². The summed E-state index contributed by atoms with van der Waals surface area (Å²) in [7, 11) is 0. The number of thiophene rings is 1. The molecule has 0 spiro atoms. The van der Waals surface area contributed by atoms with Crippen LogP contribution in [0.2, 0.25) is 0 Å². The van der Waals surface area contributed by atoms with Gasteiger partial charge in [-0.2, -0.15) is 0 Å². The largest absolute Gasteiger partial charge is 0.296 e. The van der Waals surface area contributed by atoms with Crippen LogP contribution in [-0.4, -0.2) is 17.5 Å². The van der Waals surface area contributed by atoms with Crippen LogP contribution in [0.3, 0.4) is 0 Å². The first-order chi connectivity index (χ1) is 6.25. The normalized spacial score (nSPS) is 24.0. The summed E-state index contributed by atoms with van der Waals surface area (Å²) >= 11 is 5.35. The lowest BCUT2D eigenvalue weighted by Crippen LogP contribution is -2.25. The lowest BCUT2D eigenvalue weighted by molar-refractivity contribution is 0.262. The molecule has 1 unspecified atom stereocenters. The molecule has 1 aromatic rings. The van der Waals surface area contributed by atoms with E-state index in [1.165, 1.54) is 28.0 Å². The van der Waals surface area contributed by atoms with Gasteiger partial charge in [0.15, 0.2) is 0 Å². The minimum atomic E-state index is 0.779. The monoisotopic (exact) mass is 259 g/mol. The second-order valence-corrected chi connectivity index (χ2v) is 6.22. The number of likely N-dealkylation sites (tertiary alicyclic amines) is 1. The van der Waals surface area contributed by atoms with Gasteiger partial charge in [-0.1, -0.05) is 0 Å². The molecule has 72 valence electrons. The Morgan fingerprint density at radius 1 is 1.62 bits per heavy atom. The Hall–Kier alpha value is 0.140. The van der Waals surface area contributed by atoms with Crippen LogP contribution < -0.4 is 0 Å². The zero-order chi connectivity index (χ0) is 9.26. The second kappa shape index (κ2) is 4.11. The first-order valence-electron chi connectivity index (χ1n) is 4.74. The highest BCUT2D eigenvalue weighted by Crippen LogP contribution is 2.26. The lowest BCUT2D eigenvalue weighted by atomic mass is 10.2. The molecule has 0 saturated carbocycles. The molecule has 0 N–H and O–H groups in total. The van der Waals surface area contributed by atoms with Crippen molar-refractivity contribution in [1.29, 1.82) is 0 Å². The molecule has 1 aliphatic rings. The van der Waals surface area contributed by atoms with E-state index in [-0.39, 0.29) is 0 Å². The van der Waals surface area contributed by atoms with Crippen LogP contribution in [-0.2, 0) is 6.54 Å². The first kappa shape index (κ1) is 9.69. The Kier molecular flexibility index (Phi) is 3.06. The van der Waals surface area contributed by atoms with Crippen molar-refractivity contribution in [2.45, 2.75) is 32.4 Å². The van der Waals surface area contributed by atoms with Gasteiger partial charge < -0.3 is 0 Å². The third-order valence-electron chi connectivity index (χ3n) is 2.68. The van der Waals surface area contributed by atoms with Crippen molar-refractivity contribution in [3.05, 3.63) is 20.8 Å². The van der Waals surface area contributed by atoms with Gasteiger partial charge in [0, 0.05) is 17.5 Å². The van der Waals surface area contributed by atoms with Gasteiger partial charge in [0.25, 0.3) is 0 Å². The standard InChI is InChI=1S/C10H14BrNS/c1-8-3-2-6-12(8)7-9-4-5-10(11)13-9/h4-5,8H,2-3,6-7H2,1H3. The average Bonchev–Trinajstić information content (AvgIpc) is 2.64. The predicted molar refractivity (Wildman–Crippen MR) is 61.1 cm³/mol. The molecule has 0 bridgehead atoms. The molecule has 0 aromatic carbocycles. The summed E-state index contributed by atoms with van der Waals surface area (Å²) in [5.41, 5.74) is 0. The second-order valence-electron chi connectivity index (χ2n) is 3.67. The van der Waals surface area contributed by atoms with Gasteiger partial charge in [-0.15, -0.1) is 11.3 Å². The molecule has 0 radical (unpaired) electrons. The van der Waals surface area contributed by atoms with E-state index >= 15 is 0 Å². The van der Waals surface area contributed by atoms with Crippen molar-refractivity contribution in [1.82, 2.24) is 4.90 Å². The van der Waals surface area contributed by atoms with Gasteiger partial charge in [0.2, 0.25) is 0 Å². The maximum atomic E-state index is 3.50. The maximum Gasteiger partial charge on any atom is 0.0701 e. The molecule has 1 atom stereocenters. The summed E-state index contributed by atoms with van der Waals surface area (Å²) < 4.78 is 1.24. The smallest absolute Gasteiger partial charge is 0.0701 e. The molecule has 0 aliphatic carbocycles. The van der Waals surface area contributed by atoms with E-state index in [2.05, 4.69) is 39.9 Å². The summed E-state index contributed by atoms with van der Waals surface area (Å²) in [6.45, 7) is 4.74. The molecule has 1 fully saturated rings. The average molecular weight is 260 g/mol. The van der Waals surface area contributed by atoms with Gasteiger partial charge >= 0.3 is 0 Å². The van der Waals surface area contributed by atoms with E-state index in [4.69, 9.17) is 0 Å². The number of nitrogens with zero attached hydrogens (tertiary/aromatic N) is 1. The summed E-state index contributed by atoms with van der Waals surface area (Å²) in [6.07, 6.45) is 2.74. The molecule has 2 heterocycles. The van der Waals surface area contributed by atoms with Crippen LogP contribution in [0.25, 0.3) is 0 Å². The van der Waals surface area contributed by atoms with Gasteiger partial charge in [0.05, 0.1) is 3.79 Å². The highest BCUT2D eigenvalue weighted by Gasteiger charge is 2.20. The van der Waals surface area contributed by atoms with Crippen LogP contribution in [0.4, 0.5) is 0 Å². The number of hydrogen-bond acceptors (Lipinski definition) is 2. The Morgan fingerprint density at radius 3 is 3.00 bits per heavy atom. The highest BCUT2D eigenvalue weighted by molar-refractivity contribution is 9.11. The number of halogens is 1. The molecule has 1 aromatic heterocycles. The highest BCUT2D eigenvalue weighted by atomic mass is 79.9. The maximum absolute atomic E-state index is 3.50. The van der Waals surface area contributed by atoms with Crippen LogP contribution >= 0.6 is 27.3 Å². The van der Waals surface area contributed by atoms with Crippen molar-refractivity contribution < 1.29 is 0 Å². The van der Waals surface area contributed by atoms with E-state index in [0.717, 1.165) is 12.6 Å². The number of rotatable bonds is 2. The Morgan fingerprint density at radius 2 is 2.46 bits per heavy atom. The third-order valence-corrected chi connectivity index (χ3v) is 4.29. The van der Waals surface area contributed by atoms with Crippen molar-refractivity contribution in [2.24, 2.45) is 0 Å². The van der Waals surface area contributed by atoms with Gasteiger partial charge in [0.1, 0.15) is 0 Å². The van der Waals surface area contributed by atoms with Gasteiger partial charge in [-0.3, -0.25) is 4.90 Å². The molecule has 1 aliphatic heterocycles. The summed E-state index contributed by atoms with van der Waals surface area (Å²) in [5, 5.41) is 0. The van der Waals surface area contributed by atoms with E-state index < -0.39 is 0 Å². The molecule has 1 nitrogen and oxygen atoms in total. The Balaban J connectivity index is 1.97. The molecular formula is C10H14BrNS. The van der Waals surface area contributed by atoms with E-state index in [9.17, 15) is 0 Å². The van der Waals surface area contributed by atoms with Crippen molar-refractivity contribution in [2.75, 3.05) is 6.54 Å².